The van der Waals surface area contributed by atoms with Gasteiger partial charge in [-0.1, -0.05) is 122 Å². The molecule has 0 aliphatic carbocycles. The minimum atomic E-state index is 0.867. The van der Waals surface area contributed by atoms with E-state index in [1.807, 2.05) is 19.9 Å². The van der Waals surface area contributed by atoms with E-state index in [2.05, 4.69) is 32.6 Å². The molecular weight excluding hydrogens is 338 g/mol. The summed E-state index contributed by atoms with van der Waals surface area (Å²) in [6.45, 7) is 12.6. The average Bonchev–Trinajstić information content (AvgIpc) is 2.71. The lowest BCUT2D eigenvalue weighted by molar-refractivity contribution is 0.536. The first-order valence-corrected chi connectivity index (χ1v) is 12.2. The molecule has 0 unspecified atom stereocenters. The van der Waals surface area contributed by atoms with Crippen LogP contribution in [0.5, 0.6) is 0 Å². The molecule has 28 heavy (non-hydrogen) atoms. The molecule has 1 nitrogen and oxygen atoms in total. The molecule has 0 aliphatic rings. The van der Waals surface area contributed by atoms with Crippen LogP contribution in [0.15, 0.2) is 24.8 Å². The Hall–Kier alpha value is -1.24. The number of benzene rings is 1. The summed E-state index contributed by atoms with van der Waals surface area (Å²) in [5.41, 5.74) is 10.6. The maximum absolute atomic E-state index is 6.08. The van der Waals surface area contributed by atoms with Crippen molar-refractivity contribution in [3.8, 4) is 0 Å². The molecule has 0 atom stereocenters. The fraction of sp³-hybridized carbons (Fsp3) is 0.704. The molecule has 0 amide bonds. The van der Waals surface area contributed by atoms with Gasteiger partial charge in [-0.25, -0.2) is 0 Å². The first kappa shape index (κ1) is 26.8. The van der Waals surface area contributed by atoms with Crippen LogP contribution in [-0.2, 0) is 0 Å². The summed E-state index contributed by atoms with van der Waals surface area (Å²) < 4.78 is 0. The molecule has 2 N–H and O–H groups in total. The van der Waals surface area contributed by atoms with Gasteiger partial charge in [0.2, 0.25) is 0 Å². The van der Waals surface area contributed by atoms with Crippen LogP contribution in [0.4, 0.5) is 5.69 Å². The predicted octanol–water partition coefficient (Wildman–Crippen LogP) is 9.49. The fourth-order valence-electron chi connectivity index (χ4n) is 3.64. The van der Waals surface area contributed by atoms with Crippen molar-refractivity contribution >= 4 is 11.3 Å². The van der Waals surface area contributed by atoms with Gasteiger partial charge in [-0.2, -0.15) is 0 Å². The molecule has 1 rings (SSSR count). The predicted molar refractivity (Wildman–Crippen MR) is 131 cm³/mol. The number of hydrogen-bond donors (Lipinski definition) is 1. The molecule has 0 bridgehead atoms. The summed E-state index contributed by atoms with van der Waals surface area (Å²) in [5.74, 6) is 0. The molecule has 0 saturated heterocycles. The normalized spacial score (nSPS) is 10.4. The molecule has 1 aromatic rings. The van der Waals surface area contributed by atoms with E-state index in [-0.39, 0.29) is 0 Å². The van der Waals surface area contributed by atoms with E-state index < -0.39 is 0 Å². The highest BCUT2D eigenvalue weighted by Crippen LogP contribution is 2.26. The number of nitrogens with two attached hydrogens (primary N) is 1. The number of unbranched alkanes of at least 4 members (excludes halogenated alkanes) is 13. The molecule has 0 aromatic heterocycles. The molecule has 0 aliphatic heterocycles. The quantitative estimate of drug-likeness (QED) is 0.222. The van der Waals surface area contributed by atoms with E-state index in [1.165, 1.54) is 101 Å². The Bertz CT molecular complexity index is 489. The van der Waals surface area contributed by atoms with Crippen LogP contribution < -0.4 is 5.73 Å². The largest absolute Gasteiger partial charge is 0.398 e. The molecule has 162 valence electrons. The zero-order chi connectivity index (χ0) is 21.0. The number of nitrogen functional groups attached to an aromatic ring is 1. The van der Waals surface area contributed by atoms with Crippen molar-refractivity contribution in [3.63, 3.8) is 0 Å². The first-order valence-electron chi connectivity index (χ1n) is 12.2. The summed E-state index contributed by atoms with van der Waals surface area (Å²) >= 11 is 0. The average molecular weight is 388 g/mol. The Balaban J connectivity index is 0.00000352. The highest BCUT2D eigenvalue weighted by molar-refractivity contribution is 5.74. The van der Waals surface area contributed by atoms with Crippen molar-refractivity contribution in [2.75, 3.05) is 5.73 Å². The third-order valence-corrected chi connectivity index (χ3v) is 5.42. The number of hydrogen-bond acceptors (Lipinski definition) is 1. The van der Waals surface area contributed by atoms with E-state index >= 15 is 0 Å². The Morgan fingerprint density at radius 3 is 1.64 bits per heavy atom. The third-order valence-electron chi connectivity index (χ3n) is 5.42. The van der Waals surface area contributed by atoms with Crippen molar-refractivity contribution in [2.45, 2.75) is 124 Å². The SMILES string of the molecule is C=C(CCCCCCCCCCCCCCCC)c1cc(C)ccc1N.CC. The minimum absolute atomic E-state index is 0.867. The lowest BCUT2D eigenvalue weighted by Gasteiger charge is -2.10. The van der Waals surface area contributed by atoms with Gasteiger partial charge in [0.1, 0.15) is 0 Å². The van der Waals surface area contributed by atoms with E-state index in [0.717, 1.165) is 17.7 Å². The van der Waals surface area contributed by atoms with Crippen LogP contribution in [0, 0.1) is 6.92 Å². The van der Waals surface area contributed by atoms with Crippen molar-refractivity contribution in [2.24, 2.45) is 0 Å². The maximum atomic E-state index is 6.08. The zero-order valence-corrected chi connectivity index (χ0v) is 19.6. The zero-order valence-electron chi connectivity index (χ0n) is 19.6. The van der Waals surface area contributed by atoms with E-state index in [4.69, 9.17) is 5.73 Å². The smallest absolute Gasteiger partial charge is 0.0390 e. The van der Waals surface area contributed by atoms with Gasteiger partial charge in [0.25, 0.3) is 0 Å². The van der Waals surface area contributed by atoms with Crippen LogP contribution in [0.3, 0.4) is 0 Å². The number of allylic oxidation sites excluding steroid dienone is 1. The summed E-state index contributed by atoms with van der Waals surface area (Å²) in [7, 11) is 0. The van der Waals surface area contributed by atoms with E-state index in [9.17, 15) is 0 Å². The summed E-state index contributed by atoms with van der Waals surface area (Å²) in [6.07, 6.45) is 20.7. The summed E-state index contributed by atoms with van der Waals surface area (Å²) in [6, 6.07) is 6.24. The number of rotatable bonds is 16. The topological polar surface area (TPSA) is 26.0 Å². The van der Waals surface area contributed by atoms with E-state index in [0.29, 0.717) is 0 Å². The van der Waals surface area contributed by atoms with Crippen LogP contribution in [0.25, 0.3) is 5.57 Å². The monoisotopic (exact) mass is 387 g/mol. The standard InChI is InChI=1S/C25H43N.C2H6/c1-4-5-6-7-8-9-10-11-12-13-14-15-16-17-18-23(3)24-21-22(2)19-20-25(24)26;1-2/h19-21H,3-18,26H2,1-2H3;1-2H3. The molecular formula is C27H49N. The van der Waals surface area contributed by atoms with Gasteiger partial charge >= 0.3 is 0 Å². The lowest BCUT2D eigenvalue weighted by atomic mass is 9.97. The van der Waals surface area contributed by atoms with E-state index in [1.54, 1.807) is 0 Å². The second-order valence-electron chi connectivity index (χ2n) is 8.04. The lowest BCUT2D eigenvalue weighted by Crippen LogP contribution is -1.94. The second-order valence-corrected chi connectivity index (χ2v) is 8.04. The highest BCUT2D eigenvalue weighted by atomic mass is 14.6. The minimum Gasteiger partial charge on any atom is -0.398 e. The molecule has 0 heterocycles. The Morgan fingerprint density at radius 1 is 0.750 bits per heavy atom. The first-order chi connectivity index (χ1) is 13.6. The van der Waals surface area contributed by atoms with Gasteiger partial charge in [-0.3, -0.25) is 0 Å². The molecule has 0 spiro atoms. The van der Waals surface area contributed by atoms with Crippen molar-refractivity contribution < 1.29 is 0 Å². The van der Waals surface area contributed by atoms with Gasteiger partial charge in [-0.15, -0.1) is 0 Å². The highest BCUT2D eigenvalue weighted by Gasteiger charge is 2.04. The van der Waals surface area contributed by atoms with Crippen molar-refractivity contribution in [1.82, 2.24) is 0 Å². The third kappa shape index (κ3) is 13.9. The van der Waals surface area contributed by atoms with Crippen molar-refractivity contribution in [3.05, 3.63) is 35.9 Å². The maximum Gasteiger partial charge on any atom is 0.0390 e. The Morgan fingerprint density at radius 2 is 1.18 bits per heavy atom. The van der Waals surface area contributed by atoms with Gasteiger partial charge in [-0.05, 0) is 37.5 Å². The Labute approximate surface area is 177 Å². The molecule has 1 aromatic carbocycles. The molecule has 0 radical (unpaired) electrons. The second kappa shape index (κ2) is 19.1. The number of anilines is 1. The number of aryl methyl sites for hydroxylation is 1. The molecule has 0 fully saturated rings. The summed E-state index contributed by atoms with van der Waals surface area (Å²) in [5, 5.41) is 0. The molecule has 1 heteroatoms. The van der Waals surface area contributed by atoms with Gasteiger partial charge in [0.15, 0.2) is 0 Å². The van der Waals surface area contributed by atoms with Crippen LogP contribution >= 0.6 is 0 Å². The fourth-order valence-corrected chi connectivity index (χ4v) is 3.64. The van der Waals surface area contributed by atoms with Gasteiger partial charge in [0, 0.05) is 11.3 Å². The molecule has 0 saturated carbocycles. The van der Waals surface area contributed by atoms with Gasteiger partial charge < -0.3 is 5.73 Å². The Kier molecular flexibility index (Phi) is 18.2. The van der Waals surface area contributed by atoms with Crippen LogP contribution in [0.1, 0.15) is 128 Å². The van der Waals surface area contributed by atoms with Crippen molar-refractivity contribution in [1.29, 1.82) is 0 Å². The van der Waals surface area contributed by atoms with Crippen LogP contribution in [0.2, 0.25) is 0 Å². The van der Waals surface area contributed by atoms with Gasteiger partial charge in [0.05, 0.1) is 0 Å². The van der Waals surface area contributed by atoms with Crippen LogP contribution in [-0.4, -0.2) is 0 Å². The summed E-state index contributed by atoms with van der Waals surface area (Å²) in [4.78, 5) is 0.